The number of halogens is 7. The van der Waals surface area contributed by atoms with Gasteiger partial charge in [-0.15, -0.1) is 0 Å². The van der Waals surface area contributed by atoms with Gasteiger partial charge in [0, 0.05) is 22.4 Å². The largest absolute Gasteiger partial charge is 0.416 e. The molecule has 4 aromatic rings. The van der Waals surface area contributed by atoms with Crippen molar-refractivity contribution in [2.75, 3.05) is 4.90 Å². The monoisotopic (exact) mass is 559 g/mol. The fourth-order valence-corrected chi connectivity index (χ4v) is 4.65. The molecule has 12 heteroatoms. The van der Waals surface area contributed by atoms with Crippen LogP contribution in [0.25, 0.3) is 10.2 Å². The predicted molar refractivity (Wildman–Crippen MR) is 119 cm³/mol. The molecule has 0 radical (unpaired) electrons. The number of anilines is 1. The van der Waals surface area contributed by atoms with E-state index in [-0.39, 0.29) is 17.7 Å². The van der Waals surface area contributed by atoms with Gasteiger partial charge in [-0.2, -0.15) is 26.3 Å². The Morgan fingerprint density at radius 1 is 0.971 bits per heavy atom. The van der Waals surface area contributed by atoms with Crippen molar-refractivity contribution in [1.82, 2.24) is 9.97 Å². The van der Waals surface area contributed by atoms with Crippen molar-refractivity contribution in [3.63, 3.8) is 0 Å². The van der Waals surface area contributed by atoms with E-state index in [2.05, 4.69) is 25.9 Å². The first-order valence-corrected chi connectivity index (χ1v) is 11.1. The highest BCUT2D eigenvalue weighted by Gasteiger charge is 2.38. The predicted octanol–water partition coefficient (Wildman–Crippen LogP) is 7.34. The van der Waals surface area contributed by atoms with Gasteiger partial charge in [-0.25, -0.2) is 4.98 Å². The van der Waals surface area contributed by atoms with Gasteiger partial charge in [0.05, 0.1) is 27.9 Å². The maximum atomic E-state index is 13.4. The molecule has 0 fully saturated rings. The SMILES string of the molecule is O=C(c1cc(C(F)(F)F)cc(C(F)(F)F)c1)N(Cc1cccnc1)c1nc2ccc(Br)cc2s1. The second-order valence-corrected chi connectivity index (χ2v) is 9.08. The van der Waals surface area contributed by atoms with Crippen LogP contribution < -0.4 is 4.90 Å². The summed E-state index contributed by atoms with van der Waals surface area (Å²) >= 11 is 4.41. The molecule has 0 N–H and O–H groups in total. The van der Waals surface area contributed by atoms with E-state index in [1.54, 1.807) is 30.3 Å². The number of amides is 1. The van der Waals surface area contributed by atoms with Gasteiger partial charge in [0.25, 0.3) is 5.91 Å². The number of carbonyl (C=O) groups excluding carboxylic acids is 1. The number of pyridine rings is 1. The van der Waals surface area contributed by atoms with Crippen LogP contribution in [0.5, 0.6) is 0 Å². The lowest BCUT2D eigenvalue weighted by Crippen LogP contribution is -2.31. The number of carbonyl (C=O) groups is 1. The molecule has 0 aliphatic carbocycles. The van der Waals surface area contributed by atoms with E-state index in [9.17, 15) is 31.1 Å². The first kappa shape index (κ1) is 24.1. The number of nitrogens with zero attached hydrogens (tertiary/aromatic N) is 3. The summed E-state index contributed by atoms with van der Waals surface area (Å²) in [5, 5.41) is 0.118. The molecule has 0 saturated heterocycles. The topological polar surface area (TPSA) is 46.1 Å². The minimum absolute atomic E-state index is 0.0164. The maximum Gasteiger partial charge on any atom is 0.416 e. The third-order valence-electron chi connectivity index (χ3n) is 4.71. The lowest BCUT2D eigenvalue weighted by atomic mass is 10.0. The van der Waals surface area contributed by atoms with Crippen LogP contribution in [0.3, 0.4) is 0 Å². The van der Waals surface area contributed by atoms with Gasteiger partial charge in [-0.3, -0.25) is 14.7 Å². The number of benzene rings is 2. The zero-order valence-corrected chi connectivity index (χ0v) is 19.2. The maximum absolute atomic E-state index is 13.4. The Hall–Kier alpha value is -2.99. The van der Waals surface area contributed by atoms with Gasteiger partial charge in [0.15, 0.2) is 5.13 Å². The third kappa shape index (κ3) is 5.22. The van der Waals surface area contributed by atoms with E-state index < -0.39 is 35.0 Å². The molecule has 2 aromatic carbocycles. The van der Waals surface area contributed by atoms with Crippen molar-refractivity contribution in [3.8, 4) is 0 Å². The summed E-state index contributed by atoms with van der Waals surface area (Å²) in [5.41, 5.74) is -2.86. The Morgan fingerprint density at radius 3 is 2.24 bits per heavy atom. The van der Waals surface area contributed by atoms with Gasteiger partial charge in [-0.05, 0) is 48.0 Å². The summed E-state index contributed by atoms with van der Waals surface area (Å²) in [6, 6.07) is 9.19. The molecule has 1 amide bonds. The molecule has 0 aliphatic heterocycles. The summed E-state index contributed by atoms with van der Waals surface area (Å²) in [6.07, 6.45) is -7.22. The summed E-state index contributed by atoms with van der Waals surface area (Å²) in [6.45, 7) is -0.161. The number of rotatable bonds is 4. The van der Waals surface area contributed by atoms with Crippen LogP contribution in [0.15, 0.2) is 65.4 Å². The number of fused-ring (bicyclic) bond motifs is 1. The summed E-state index contributed by atoms with van der Waals surface area (Å²) in [5.74, 6) is -1.06. The molecule has 2 heterocycles. The molecular weight excluding hydrogens is 548 g/mol. The number of aromatic nitrogens is 2. The van der Waals surface area contributed by atoms with Gasteiger partial charge < -0.3 is 0 Å². The van der Waals surface area contributed by atoms with Crippen LogP contribution in [0, 0.1) is 0 Å². The van der Waals surface area contributed by atoms with E-state index >= 15 is 0 Å². The van der Waals surface area contributed by atoms with Crippen molar-refractivity contribution < 1.29 is 31.1 Å². The van der Waals surface area contributed by atoms with Crippen molar-refractivity contribution in [1.29, 1.82) is 0 Å². The first-order chi connectivity index (χ1) is 15.9. The highest BCUT2D eigenvalue weighted by atomic mass is 79.9. The second kappa shape index (κ2) is 8.99. The second-order valence-electron chi connectivity index (χ2n) is 7.16. The van der Waals surface area contributed by atoms with Crippen LogP contribution in [0.4, 0.5) is 31.5 Å². The lowest BCUT2D eigenvalue weighted by Gasteiger charge is -2.21. The number of hydrogen-bond acceptors (Lipinski definition) is 4. The Morgan fingerprint density at radius 2 is 1.65 bits per heavy atom. The lowest BCUT2D eigenvalue weighted by molar-refractivity contribution is -0.143. The Bertz CT molecular complexity index is 1320. The molecule has 0 bridgehead atoms. The fourth-order valence-electron chi connectivity index (χ4n) is 3.14. The molecule has 176 valence electrons. The van der Waals surface area contributed by atoms with Crippen molar-refractivity contribution >= 4 is 48.5 Å². The third-order valence-corrected chi connectivity index (χ3v) is 6.25. The average Bonchev–Trinajstić information content (AvgIpc) is 3.19. The van der Waals surface area contributed by atoms with Crippen LogP contribution in [0.2, 0.25) is 0 Å². The zero-order valence-electron chi connectivity index (χ0n) is 16.8. The van der Waals surface area contributed by atoms with Crippen LogP contribution in [-0.2, 0) is 18.9 Å². The van der Waals surface area contributed by atoms with E-state index in [0.717, 1.165) is 20.7 Å². The molecule has 34 heavy (non-hydrogen) atoms. The highest BCUT2D eigenvalue weighted by molar-refractivity contribution is 9.10. The van der Waals surface area contributed by atoms with Crippen LogP contribution in [0.1, 0.15) is 27.0 Å². The quantitative estimate of drug-likeness (QED) is 0.246. The van der Waals surface area contributed by atoms with E-state index in [0.29, 0.717) is 27.9 Å². The molecule has 0 aliphatic rings. The van der Waals surface area contributed by atoms with Gasteiger partial charge in [0.1, 0.15) is 0 Å². The summed E-state index contributed by atoms with van der Waals surface area (Å²) in [4.78, 5) is 22.8. The highest BCUT2D eigenvalue weighted by Crippen LogP contribution is 2.38. The van der Waals surface area contributed by atoms with Crippen molar-refractivity contribution in [3.05, 3.63) is 87.7 Å². The average molecular weight is 560 g/mol. The number of alkyl halides is 6. The van der Waals surface area contributed by atoms with Crippen LogP contribution in [-0.4, -0.2) is 15.9 Å². The smallest absolute Gasteiger partial charge is 0.279 e. The molecule has 0 spiro atoms. The van der Waals surface area contributed by atoms with E-state index in [1.165, 1.54) is 12.4 Å². The molecular formula is C22H12BrF6N3OS. The van der Waals surface area contributed by atoms with E-state index in [1.807, 2.05) is 0 Å². The number of hydrogen-bond donors (Lipinski definition) is 0. The number of thiazole rings is 1. The molecule has 4 nitrogen and oxygen atoms in total. The van der Waals surface area contributed by atoms with Gasteiger partial charge >= 0.3 is 12.4 Å². The van der Waals surface area contributed by atoms with Crippen LogP contribution >= 0.6 is 27.3 Å². The molecule has 0 unspecified atom stereocenters. The molecule has 2 aromatic heterocycles. The molecule has 0 atom stereocenters. The van der Waals surface area contributed by atoms with Gasteiger partial charge in [0.2, 0.25) is 0 Å². The Kier molecular flexibility index (Phi) is 6.38. The zero-order chi connectivity index (χ0) is 24.7. The minimum atomic E-state index is -5.08. The standard InChI is InChI=1S/C22H12BrF6N3OS/c23-16-3-4-17-18(9-16)34-20(31-17)32(11-12-2-1-5-30-10-12)19(33)13-6-14(21(24,25)26)8-15(7-13)22(27,28)29/h1-10H,11H2. The van der Waals surface area contributed by atoms with E-state index in [4.69, 9.17) is 0 Å². The first-order valence-electron chi connectivity index (χ1n) is 9.48. The molecule has 0 saturated carbocycles. The Balaban J connectivity index is 1.85. The normalized spacial score (nSPS) is 12.2. The molecule has 4 rings (SSSR count). The Labute approximate surface area is 201 Å². The minimum Gasteiger partial charge on any atom is -0.279 e. The fraction of sp³-hybridized carbons (Fsp3) is 0.136. The summed E-state index contributed by atoms with van der Waals surface area (Å²) < 4.78 is 81.4. The summed E-state index contributed by atoms with van der Waals surface area (Å²) in [7, 11) is 0. The van der Waals surface area contributed by atoms with Crippen molar-refractivity contribution in [2.45, 2.75) is 18.9 Å². The van der Waals surface area contributed by atoms with Crippen molar-refractivity contribution in [2.24, 2.45) is 0 Å². The van der Waals surface area contributed by atoms with Gasteiger partial charge in [-0.1, -0.05) is 33.3 Å².